The summed E-state index contributed by atoms with van der Waals surface area (Å²) in [6.45, 7) is 2.09. The average molecular weight is 351 g/mol. The Labute approximate surface area is 111 Å². The van der Waals surface area contributed by atoms with E-state index in [9.17, 15) is 0 Å². The van der Waals surface area contributed by atoms with Crippen LogP contribution >= 0.6 is 45.5 Å². The molecule has 0 fully saturated rings. The molecule has 0 aliphatic heterocycles. The van der Waals surface area contributed by atoms with Crippen molar-refractivity contribution < 1.29 is 0 Å². The van der Waals surface area contributed by atoms with Crippen molar-refractivity contribution in [3.8, 4) is 10.6 Å². The lowest BCUT2D eigenvalue weighted by atomic mass is 10.1. The largest absolute Gasteiger partial charge is 0.148 e. The molecule has 0 amide bonds. The van der Waals surface area contributed by atoms with Gasteiger partial charge in [0.2, 0.25) is 0 Å². The van der Waals surface area contributed by atoms with Crippen molar-refractivity contribution in [1.29, 1.82) is 0 Å². The van der Waals surface area contributed by atoms with Crippen LogP contribution in [0.4, 0.5) is 0 Å². The zero-order valence-electron chi connectivity index (χ0n) is 8.00. The Bertz CT molecular complexity index is 484. The molecule has 0 saturated carbocycles. The number of benzene rings is 1. The Balaban J connectivity index is 2.49. The van der Waals surface area contributed by atoms with E-state index < -0.39 is 0 Å². The van der Waals surface area contributed by atoms with Crippen molar-refractivity contribution in [1.82, 2.24) is 10.2 Å². The van der Waals surface area contributed by atoms with Gasteiger partial charge in [-0.15, -0.1) is 21.8 Å². The zero-order valence-corrected chi connectivity index (χ0v) is 11.7. The third-order valence-corrected chi connectivity index (χ3v) is 4.80. The molecule has 0 aliphatic carbocycles. The van der Waals surface area contributed by atoms with Gasteiger partial charge < -0.3 is 0 Å². The molecular weight excluding hydrogens is 343 g/mol. The lowest BCUT2D eigenvalue weighted by Gasteiger charge is -2.02. The monoisotopic (exact) mass is 350 g/mol. The highest BCUT2D eigenvalue weighted by Gasteiger charge is 2.10. The van der Waals surface area contributed by atoms with Crippen LogP contribution < -0.4 is 0 Å². The summed E-state index contributed by atoms with van der Waals surface area (Å²) in [5.41, 5.74) is 2.40. The third kappa shape index (κ3) is 2.32. The van der Waals surface area contributed by atoms with Gasteiger partial charge in [-0.2, -0.15) is 0 Å². The second-order valence-corrected chi connectivity index (χ2v) is 5.48. The molecule has 1 aromatic carbocycles. The molecule has 15 heavy (non-hydrogen) atoms. The smallest absolute Gasteiger partial charge is 0.142 e. The number of rotatable bonds is 2. The second kappa shape index (κ2) is 4.76. The van der Waals surface area contributed by atoms with Gasteiger partial charge in [0.1, 0.15) is 10.0 Å². The van der Waals surface area contributed by atoms with E-state index in [1.54, 1.807) is 11.3 Å². The van der Waals surface area contributed by atoms with E-state index >= 15 is 0 Å². The van der Waals surface area contributed by atoms with Gasteiger partial charge in [-0.1, -0.05) is 29.5 Å². The fraction of sp³-hybridized carbons (Fsp3) is 0.200. The van der Waals surface area contributed by atoms with Gasteiger partial charge in [-0.05, 0) is 35.1 Å². The quantitative estimate of drug-likeness (QED) is 0.607. The van der Waals surface area contributed by atoms with Gasteiger partial charge in [-0.3, -0.25) is 0 Å². The highest BCUT2D eigenvalue weighted by molar-refractivity contribution is 14.1. The minimum absolute atomic E-state index is 0.431. The van der Waals surface area contributed by atoms with Crippen LogP contribution in [-0.2, 0) is 5.88 Å². The van der Waals surface area contributed by atoms with Gasteiger partial charge in [0.25, 0.3) is 0 Å². The second-order valence-electron chi connectivity index (χ2n) is 3.07. The van der Waals surface area contributed by atoms with Crippen molar-refractivity contribution in [2.75, 3.05) is 0 Å². The molecule has 0 N–H and O–H groups in total. The molecule has 1 aromatic heterocycles. The molecule has 1 heterocycles. The molecule has 0 saturated heterocycles. The summed E-state index contributed by atoms with van der Waals surface area (Å²) in [6.07, 6.45) is 0. The Morgan fingerprint density at radius 2 is 2.20 bits per heavy atom. The van der Waals surface area contributed by atoms with Gasteiger partial charge in [-0.25, -0.2) is 0 Å². The van der Waals surface area contributed by atoms with Crippen LogP contribution in [0.15, 0.2) is 18.2 Å². The fourth-order valence-corrected chi connectivity index (χ4v) is 2.97. The summed E-state index contributed by atoms with van der Waals surface area (Å²) < 4.78 is 1.23. The van der Waals surface area contributed by atoms with Crippen LogP contribution in [0.5, 0.6) is 0 Å². The van der Waals surface area contributed by atoms with Crippen LogP contribution in [0.1, 0.15) is 10.6 Å². The molecular formula is C10H8ClIN2S. The van der Waals surface area contributed by atoms with Crippen LogP contribution in [0, 0.1) is 10.5 Å². The van der Waals surface area contributed by atoms with Crippen molar-refractivity contribution in [3.05, 3.63) is 32.3 Å². The number of hydrogen-bond donors (Lipinski definition) is 0. The van der Waals surface area contributed by atoms with E-state index in [4.69, 9.17) is 11.6 Å². The Hall–Kier alpha value is -0.200. The first-order valence-electron chi connectivity index (χ1n) is 4.36. The molecule has 0 unspecified atom stereocenters. The fourth-order valence-electron chi connectivity index (χ4n) is 1.23. The van der Waals surface area contributed by atoms with E-state index in [0.29, 0.717) is 5.88 Å². The first-order chi connectivity index (χ1) is 7.22. The number of hydrogen-bond acceptors (Lipinski definition) is 3. The Kier molecular flexibility index (Phi) is 3.58. The molecule has 0 spiro atoms. The maximum Gasteiger partial charge on any atom is 0.148 e. The minimum atomic E-state index is 0.431. The number of aryl methyl sites for hydroxylation is 1. The SMILES string of the molecule is Cc1cccc(-c2nnc(CCl)s2)c1I. The van der Waals surface area contributed by atoms with Crippen LogP contribution in [0.3, 0.4) is 0 Å². The number of nitrogens with zero attached hydrogens (tertiary/aromatic N) is 2. The van der Waals surface area contributed by atoms with Crippen molar-refractivity contribution in [2.24, 2.45) is 0 Å². The molecule has 2 aromatic rings. The number of aromatic nitrogens is 2. The first kappa shape index (κ1) is 11.3. The third-order valence-electron chi connectivity index (χ3n) is 2.00. The molecule has 5 heteroatoms. The van der Waals surface area contributed by atoms with E-state index in [1.807, 2.05) is 6.07 Å². The maximum absolute atomic E-state index is 5.70. The molecule has 2 rings (SSSR count). The van der Waals surface area contributed by atoms with Gasteiger partial charge in [0.15, 0.2) is 0 Å². The summed E-state index contributed by atoms with van der Waals surface area (Å²) in [6, 6.07) is 6.19. The first-order valence-corrected chi connectivity index (χ1v) is 6.79. The van der Waals surface area contributed by atoms with Crippen LogP contribution in [0.2, 0.25) is 0 Å². The molecule has 2 nitrogen and oxygen atoms in total. The lowest BCUT2D eigenvalue weighted by molar-refractivity contribution is 1.04. The minimum Gasteiger partial charge on any atom is -0.142 e. The summed E-state index contributed by atoms with van der Waals surface area (Å²) in [7, 11) is 0. The van der Waals surface area contributed by atoms with Crippen molar-refractivity contribution >= 4 is 45.5 Å². The Morgan fingerprint density at radius 1 is 1.40 bits per heavy atom. The standard InChI is InChI=1S/C10H8ClIN2S/c1-6-3-2-4-7(9(6)12)10-14-13-8(5-11)15-10/h2-4H,5H2,1H3. The summed E-state index contributed by atoms with van der Waals surface area (Å²) >= 11 is 9.59. The number of halogens is 2. The predicted octanol–water partition coefficient (Wildman–Crippen LogP) is 3.86. The van der Waals surface area contributed by atoms with Crippen LogP contribution in [0.25, 0.3) is 10.6 Å². The summed E-state index contributed by atoms with van der Waals surface area (Å²) in [4.78, 5) is 0. The maximum atomic E-state index is 5.70. The van der Waals surface area contributed by atoms with E-state index in [1.165, 1.54) is 9.13 Å². The average Bonchev–Trinajstić information content (AvgIpc) is 2.70. The van der Waals surface area contributed by atoms with Gasteiger partial charge >= 0.3 is 0 Å². The number of alkyl halides is 1. The van der Waals surface area contributed by atoms with Crippen LogP contribution in [-0.4, -0.2) is 10.2 Å². The lowest BCUT2D eigenvalue weighted by Crippen LogP contribution is -1.85. The molecule has 0 aliphatic rings. The van der Waals surface area contributed by atoms with E-state index in [0.717, 1.165) is 15.6 Å². The van der Waals surface area contributed by atoms with E-state index in [2.05, 4.69) is 51.8 Å². The van der Waals surface area contributed by atoms with E-state index in [-0.39, 0.29) is 0 Å². The normalized spacial score (nSPS) is 10.6. The summed E-state index contributed by atoms with van der Waals surface area (Å²) in [5, 5.41) is 9.96. The molecule has 0 bridgehead atoms. The molecule has 0 atom stereocenters. The van der Waals surface area contributed by atoms with Gasteiger partial charge in [0.05, 0.1) is 5.88 Å². The van der Waals surface area contributed by atoms with Crippen molar-refractivity contribution in [3.63, 3.8) is 0 Å². The summed E-state index contributed by atoms with van der Waals surface area (Å²) in [5.74, 6) is 0.431. The highest BCUT2D eigenvalue weighted by Crippen LogP contribution is 2.30. The molecule has 0 radical (unpaired) electrons. The highest BCUT2D eigenvalue weighted by atomic mass is 127. The topological polar surface area (TPSA) is 25.8 Å². The zero-order chi connectivity index (χ0) is 10.8. The predicted molar refractivity (Wildman–Crippen MR) is 72.4 cm³/mol. The Morgan fingerprint density at radius 3 is 2.87 bits per heavy atom. The van der Waals surface area contributed by atoms with Crippen molar-refractivity contribution in [2.45, 2.75) is 12.8 Å². The molecule has 78 valence electrons. The van der Waals surface area contributed by atoms with Gasteiger partial charge in [0, 0.05) is 9.13 Å².